The molecule has 0 unspecified atom stereocenters. The first-order valence-electron chi connectivity index (χ1n) is 9.32. The van der Waals surface area contributed by atoms with E-state index in [-0.39, 0.29) is 41.9 Å². The Labute approximate surface area is 180 Å². The first-order chi connectivity index (χ1) is 15.0. The SMILES string of the molecule is O=C(Cc1c(F)cccc1Cl)NCCOc1ccc2nnc(-c3ccc(F)cc3)n2n1. The molecule has 1 N–H and O–H groups in total. The van der Waals surface area contributed by atoms with Crippen molar-refractivity contribution in [1.29, 1.82) is 0 Å². The Morgan fingerprint density at radius 3 is 2.65 bits per heavy atom. The summed E-state index contributed by atoms with van der Waals surface area (Å²) in [5, 5.41) is 15.3. The minimum atomic E-state index is -0.526. The average Bonchev–Trinajstić information content (AvgIpc) is 3.18. The number of hydrogen-bond acceptors (Lipinski definition) is 5. The molecule has 2 aromatic carbocycles. The molecule has 158 valence electrons. The molecule has 7 nitrogen and oxygen atoms in total. The van der Waals surface area contributed by atoms with Gasteiger partial charge in [-0.15, -0.1) is 15.3 Å². The molecular formula is C21H16ClF2N5O2. The average molecular weight is 444 g/mol. The van der Waals surface area contributed by atoms with E-state index in [2.05, 4.69) is 20.6 Å². The summed E-state index contributed by atoms with van der Waals surface area (Å²) >= 11 is 5.93. The third-order valence-electron chi connectivity index (χ3n) is 4.41. The molecule has 0 saturated carbocycles. The zero-order valence-corrected chi connectivity index (χ0v) is 16.8. The van der Waals surface area contributed by atoms with Crippen molar-refractivity contribution >= 4 is 23.2 Å². The monoisotopic (exact) mass is 443 g/mol. The first kappa shape index (κ1) is 20.7. The summed E-state index contributed by atoms with van der Waals surface area (Å²) in [7, 11) is 0. The Hall–Kier alpha value is -3.59. The lowest BCUT2D eigenvalue weighted by molar-refractivity contribution is -0.120. The van der Waals surface area contributed by atoms with E-state index < -0.39 is 5.82 Å². The van der Waals surface area contributed by atoms with Crippen molar-refractivity contribution in [3.8, 4) is 17.3 Å². The lowest BCUT2D eigenvalue weighted by Gasteiger charge is -2.09. The van der Waals surface area contributed by atoms with Crippen molar-refractivity contribution < 1.29 is 18.3 Å². The lowest BCUT2D eigenvalue weighted by atomic mass is 10.1. The van der Waals surface area contributed by atoms with E-state index in [9.17, 15) is 13.6 Å². The van der Waals surface area contributed by atoms with E-state index in [0.717, 1.165) is 0 Å². The van der Waals surface area contributed by atoms with Crippen LogP contribution in [0, 0.1) is 11.6 Å². The van der Waals surface area contributed by atoms with Gasteiger partial charge in [0.05, 0.1) is 13.0 Å². The minimum Gasteiger partial charge on any atom is -0.475 e. The number of nitrogens with zero attached hydrogens (tertiary/aromatic N) is 4. The highest BCUT2D eigenvalue weighted by Crippen LogP contribution is 2.20. The van der Waals surface area contributed by atoms with Crippen LogP contribution >= 0.6 is 11.6 Å². The third-order valence-corrected chi connectivity index (χ3v) is 4.77. The van der Waals surface area contributed by atoms with Gasteiger partial charge in [0.2, 0.25) is 11.8 Å². The molecule has 1 amide bonds. The number of aromatic nitrogens is 4. The van der Waals surface area contributed by atoms with Crippen LogP contribution in [0.4, 0.5) is 8.78 Å². The summed E-state index contributed by atoms with van der Waals surface area (Å²) in [5.74, 6) is -0.523. The molecule has 0 aliphatic rings. The second-order valence-electron chi connectivity index (χ2n) is 6.55. The number of amides is 1. The predicted molar refractivity (Wildman–Crippen MR) is 110 cm³/mol. The summed E-state index contributed by atoms with van der Waals surface area (Å²) < 4.78 is 34.0. The van der Waals surface area contributed by atoms with Crippen LogP contribution in [0.15, 0.2) is 54.6 Å². The van der Waals surface area contributed by atoms with Gasteiger partial charge in [0, 0.05) is 22.2 Å². The highest BCUT2D eigenvalue weighted by atomic mass is 35.5. The number of benzene rings is 2. The summed E-state index contributed by atoms with van der Waals surface area (Å²) in [4.78, 5) is 12.0. The van der Waals surface area contributed by atoms with E-state index in [4.69, 9.17) is 16.3 Å². The highest BCUT2D eigenvalue weighted by Gasteiger charge is 2.13. The van der Waals surface area contributed by atoms with Crippen LogP contribution in [0.25, 0.3) is 17.0 Å². The normalized spacial score (nSPS) is 10.9. The Kier molecular flexibility index (Phi) is 6.03. The standard InChI is InChI=1S/C21H16ClF2N5O2/c22-16-2-1-3-17(24)15(16)12-19(30)25-10-11-31-20-9-8-18-26-27-21(29(18)28-20)13-4-6-14(23)7-5-13/h1-9H,10-12H2,(H,25,30). The Morgan fingerprint density at radius 2 is 1.87 bits per heavy atom. The van der Waals surface area contributed by atoms with Gasteiger partial charge in [-0.1, -0.05) is 17.7 Å². The predicted octanol–water partition coefficient (Wildman–Crippen LogP) is 3.46. The second-order valence-corrected chi connectivity index (χ2v) is 6.95. The number of fused-ring (bicyclic) bond motifs is 1. The van der Waals surface area contributed by atoms with Crippen LogP contribution in [0.2, 0.25) is 5.02 Å². The maximum atomic E-state index is 13.8. The van der Waals surface area contributed by atoms with Gasteiger partial charge in [0.15, 0.2) is 11.5 Å². The fourth-order valence-electron chi connectivity index (χ4n) is 2.90. The zero-order chi connectivity index (χ0) is 21.8. The smallest absolute Gasteiger partial charge is 0.231 e. The van der Waals surface area contributed by atoms with Crippen LogP contribution in [0.3, 0.4) is 0 Å². The van der Waals surface area contributed by atoms with Crippen LogP contribution in [0.1, 0.15) is 5.56 Å². The van der Waals surface area contributed by atoms with Crippen molar-refractivity contribution in [3.05, 3.63) is 76.8 Å². The van der Waals surface area contributed by atoms with E-state index in [0.29, 0.717) is 22.9 Å². The zero-order valence-electron chi connectivity index (χ0n) is 16.1. The molecule has 0 aliphatic carbocycles. The van der Waals surface area contributed by atoms with Gasteiger partial charge in [-0.25, -0.2) is 8.78 Å². The van der Waals surface area contributed by atoms with Gasteiger partial charge in [-0.05, 0) is 42.5 Å². The van der Waals surface area contributed by atoms with E-state index in [1.807, 2.05) is 0 Å². The number of hydrogen-bond donors (Lipinski definition) is 1. The maximum Gasteiger partial charge on any atom is 0.231 e. The van der Waals surface area contributed by atoms with Gasteiger partial charge < -0.3 is 10.1 Å². The fraction of sp³-hybridized carbons (Fsp3) is 0.143. The molecule has 0 spiro atoms. The summed E-state index contributed by atoms with van der Waals surface area (Å²) in [6.45, 7) is 0.334. The number of carbonyl (C=O) groups excluding carboxylic acids is 1. The Morgan fingerprint density at radius 1 is 1.06 bits per heavy atom. The topological polar surface area (TPSA) is 81.4 Å². The lowest BCUT2D eigenvalue weighted by Crippen LogP contribution is -2.29. The third kappa shape index (κ3) is 4.77. The van der Waals surface area contributed by atoms with Crippen molar-refractivity contribution in [2.45, 2.75) is 6.42 Å². The molecule has 4 rings (SSSR count). The molecule has 0 aliphatic heterocycles. The van der Waals surface area contributed by atoms with Crippen molar-refractivity contribution in [2.75, 3.05) is 13.2 Å². The summed E-state index contributed by atoms with van der Waals surface area (Å²) in [6, 6.07) is 13.4. The number of halogens is 3. The van der Waals surface area contributed by atoms with E-state index in [1.165, 1.54) is 34.8 Å². The van der Waals surface area contributed by atoms with Crippen LogP contribution < -0.4 is 10.1 Å². The quantitative estimate of drug-likeness (QED) is 0.442. The molecule has 0 fully saturated rings. The number of ether oxygens (including phenoxy) is 1. The molecule has 10 heteroatoms. The summed E-state index contributed by atoms with van der Waals surface area (Å²) in [6.07, 6.45) is -0.169. The highest BCUT2D eigenvalue weighted by molar-refractivity contribution is 6.31. The summed E-state index contributed by atoms with van der Waals surface area (Å²) in [5.41, 5.74) is 1.30. The number of carbonyl (C=O) groups is 1. The molecular weight excluding hydrogens is 428 g/mol. The molecule has 0 atom stereocenters. The molecule has 0 bridgehead atoms. The van der Waals surface area contributed by atoms with Crippen molar-refractivity contribution in [3.63, 3.8) is 0 Å². The van der Waals surface area contributed by atoms with Gasteiger partial charge >= 0.3 is 0 Å². The Bertz CT molecular complexity index is 1210. The molecule has 2 aromatic heterocycles. The number of nitrogens with one attached hydrogen (secondary N) is 1. The minimum absolute atomic E-state index is 0.142. The molecule has 2 heterocycles. The van der Waals surface area contributed by atoms with Crippen molar-refractivity contribution in [2.24, 2.45) is 0 Å². The van der Waals surface area contributed by atoms with Gasteiger partial charge in [0.1, 0.15) is 18.2 Å². The van der Waals surface area contributed by atoms with Crippen LogP contribution in [-0.4, -0.2) is 38.9 Å². The molecule has 4 aromatic rings. The van der Waals surface area contributed by atoms with Gasteiger partial charge in [-0.3, -0.25) is 4.79 Å². The molecule has 31 heavy (non-hydrogen) atoms. The van der Waals surface area contributed by atoms with Gasteiger partial charge in [-0.2, -0.15) is 4.52 Å². The second kappa shape index (κ2) is 9.05. The van der Waals surface area contributed by atoms with E-state index in [1.54, 1.807) is 24.3 Å². The molecule has 0 saturated heterocycles. The maximum absolute atomic E-state index is 13.8. The Balaban J connectivity index is 1.35. The first-order valence-corrected chi connectivity index (χ1v) is 9.70. The van der Waals surface area contributed by atoms with E-state index >= 15 is 0 Å². The van der Waals surface area contributed by atoms with Crippen LogP contribution in [-0.2, 0) is 11.2 Å². The van der Waals surface area contributed by atoms with Crippen molar-refractivity contribution in [1.82, 2.24) is 25.1 Å². The fourth-order valence-corrected chi connectivity index (χ4v) is 3.13. The largest absolute Gasteiger partial charge is 0.475 e. The van der Waals surface area contributed by atoms with Gasteiger partial charge in [0.25, 0.3) is 0 Å². The number of rotatable bonds is 7. The van der Waals surface area contributed by atoms with Crippen LogP contribution in [0.5, 0.6) is 5.88 Å². The molecule has 0 radical (unpaired) electrons.